The van der Waals surface area contributed by atoms with E-state index in [0.29, 0.717) is 12.3 Å². The van der Waals surface area contributed by atoms with Crippen molar-refractivity contribution in [2.45, 2.75) is 57.6 Å². The third-order valence-electron chi connectivity index (χ3n) is 3.57. The molecule has 0 bridgehead atoms. The predicted octanol–water partition coefficient (Wildman–Crippen LogP) is 2.58. The zero-order valence-corrected chi connectivity index (χ0v) is 11.8. The van der Waals surface area contributed by atoms with Crippen LogP contribution < -0.4 is 5.73 Å². The molecule has 4 heteroatoms. The predicted molar refractivity (Wildman–Crippen MR) is 73.1 cm³/mol. The van der Waals surface area contributed by atoms with Crippen molar-refractivity contribution in [3.8, 4) is 0 Å². The molecule has 3 atom stereocenters. The summed E-state index contributed by atoms with van der Waals surface area (Å²) < 4.78 is 5.58. The summed E-state index contributed by atoms with van der Waals surface area (Å²) in [5.41, 5.74) is 5.82. The van der Waals surface area contributed by atoms with Gasteiger partial charge in [0.1, 0.15) is 12.1 Å². The molecule has 1 rings (SSSR count). The lowest BCUT2D eigenvalue weighted by Gasteiger charge is -2.31. The van der Waals surface area contributed by atoms with Gasteiger partial charge in [-0.25, -0.2) is 0 Å². The normalized spacial score (nSPS) is 26.5. The molecule has 1 aliphatic carbocycles. The summed E-state index contributed by atoms with van der Waals surface area (Å²) >= 11 is 1.71. The fourth-order valence-electron chi connectivity index (χ4n) is 2.40. The van der Waals surface area contributed by atoms with Gasteiger partial charge in [0, 0.05) is 0 Å². The minimum Gasteiger partial charge on any atom is -0.461 e. The van der Waals surface area contributed by atoms with Crippen molar-refractivity contribution in [3.63, 3.8) is 0 Å². The minimum atomic E-state index is -0.443. The second-order valence-corrected chi connectivity index (χ2v) is 5.80. The van der Waals surface area contributed by atoms with Gasteiger partial charge in [0.15, 0.2) is 0 Å². The third-order valence-corrected chi connectivity index (χ3v) is 4.21. The molecule has 0 saturated heterocycles. The highest BCUT2D eigenvalue weighted by molar-refractivity contribution is 7.98. The fourth-order valence-corrected chi connectivity index (χ4v) is 2.88. The highest BCUT2D eigenvalue weighted by atomic mass is 32.2. The van der Waals surface area contributed by atoms with E-state index < -0.39 is 6.04 Å². The molecule has 0 aromatic rings. The van der Waals surface area contributed by atoms with Crippen LogP contribution in [0.2, 0.25) is 0 Å². The SMILES string of the molecule is CCC1CCCCC1OC(=O)[C@H](N)CCSC. The largest absolute Gasteiger partial charge is 0.461 e. The topological polar surface area (TPSA) is 52.3 Å². The molecule has 3 nitrogen and oxygen atoms in total. The molecule has 0 radical (unpaired) electrons. The van der Waals surface area contributed by atoms with Gasteiger partial charge >= 0.3 is 5.97 Å². The lowest BCUT2D eigenvalue weighted by Crippen LogP contribution is -2.38. The Kier molecular flexibility index (Phi) is 6.97. The molecule has 0 amide bonds. The van der Waals surface area contributed by atoms with Crippen LogP contribution in [0.15, 0.2) is 0 Å². The Morgan fingerprint density at radius 1 is 1.47 bits per heavy atom. The van der Waals surface area contributed by atoms with Gasteiger partial charge in [-0.05, 0) is 50.0 Å². The van der Waals surface area contributed by atoms with Gasteiger partial charge in [0.05, 0.1) is 0 Å². The first kappa shape index (κ1) is 14.8. The van der Waals surface area contributed by atoms with Crippen LogP contribution >= 0.6 is 11.8 Å². The van der Waals surface area contributed by atoms with Crippen molar-refractivity contribution >= 4 is 17.7 Å². The van der Waals surface area contributed by atoms with E-state index in [9.17, 15) is 4.79 Å². The second-order valence-electron chi connectivity index (χ2n) is 4.82. The Hall–Kier alpha value is -0.220. The van der Waals surface area contributed by atoms with Crippen molar-refractivity contribution in [1.29, 1.82) is 0 Å². The molecule has 2 N–H and O–H groups in total. The number of carbonyl (C=O) groups is 1. The van der Waals surface area contributed by atoms with Gasteiger partial charge in [-0.15, -0.1) is 0 Å². The number of thioether (sulfide) groups is 1. The Bertz CT molecular complexity index is 235. The smallest absolute Gasteiger partial charge is 0.323 e. The number of rotatable bonds is 6. The molecule has 1 fully saturated rings. The van der Waals surface area contributed by atoms with E-state index in [1.807, 2.05) is 6.26 Å². The van der Waals surface area contributed by atoms with Crippen LogP contribution in [0.25, 0.3) is 0 Å². The number of ether oxygens (including phenoxy) is 1. The summed E-state index contributed by atoms with van der Waals surface area (Å²) in [5.74, 6) is 1.25. The first-order chi connectivity index (χ1) is 8.19. The maximum Gasteiger partial charge on any atom is 0.323 e. The fraction of sp³-hybridized carbons (Fsp3) is 0.923. The lowest BCUT2D eigenvalue weighted by atomic mass is 9.85. The molecular weight excluding hydrogens is 234 g/mol. The minimum absolute atomic E-state index is 0.113. The molecular formula is C13H25NO2S. The highest BCUT2D eigenvalue weighted by Crippen LogP contribution is 2.29. The van der Waals surface area contributed by atoms with Crippen LogP contribution in [0.4, 0.5) is 0 Å². The van der Waals surface area contributed by atoms with Gasteiger partial charge < -0.3 is 10.5 Å². The van der Waals surface area contributed by atoms with Crippen molar-refractivity contribution in [1.82, 2.24) is 0 Å². The number of nitrogens with two attached hydrogens (primary N) is 1. The van der Waals surface area contributed by atoms with Crippen LogP contribution in [-0.2, 0) is 9.53 Å². The Morgan fingerprint density at radius 3 is 2.82 bits per heavy atom. The zero-order chi connectivity index (χ0) is 12.7. The van der Waals surface area contributed by atoms with Crippen molar-refractivity contribution in [3.05, 3.63) is 0 Å². The van der Waals surface area contributed by atoms with Crippen LogP contribution in [0.5, 0.6) is 0 Å². The standard InChI is InChI=1S/C13H25NO2S/c1-3-10-6-4-5-7-12(10)16-13(15)11(14)8-9-17-2/h10-12H,3-9,14H2,1-2H3/t10?,11-,12?/m1/s1. The quantitative estimate of drug-likeness (QED) is 0.745. The Morgan fingerprint density at radius 2 is 2.18 bits per heavy atom. The second kappa shape index (κ2) is 7.98. The van der Waals surface area contributed by atoms with Gasteiger partial charge in [0.25, 0.3) is 0 Å². The summed E-state index contributed by atoms with van der Waals surface area (Å²) in [6.07, 6.45) is 8.59. The Labute approximate surface area is 109 Å². The van der Waals surface area contributed by atoms with Gasteiger partial charge in [-0.2, -0.15) is 11.8 Å². The zero-order valence-electron chi connectivity index (χ0n) is 11.0. The van der Waals surface area contributed by atoms with Gasteiger partial charge in [-0.3, -0.25) is 4.79 Å². The molecule has 0 aromatic carbocycles. The van der Waals surface area contributed by atoms with E-state index in [0.717, 1.165) is 18.6 Å². The third kappa shape index (κ3) is 4.88. The summed E-state index contributed by atoms with van der Waals surface area (Å²) in [6.45, 7) is 2.17. The molecule has 0 aliphatic heterocycles. The van der Waals surface area contributed by atoms with E-state index in [1.165, 1.54) is 19.3 Å². The molecule has 1 aliphatic rings. The first-order valence-electron chi connectivity index (χ1n) is 6.64. The molecule has 17 heavy (non-hydrogen) atoms. The highest BCUT2D eigenvalue weighted by Gasteiger charge is 2.28. The van der Waals surface area contributed by atoms with Crippen LogP contribution in [0.3, 0.4) is 0 Å². The molecule has 0 heterocycles. The average Bonchev–Trinajstić information content (AvgIpc) is 2.36. The molecule has 0 spiro atoms. The van der Waals surface area contributed by atoms with Crippen LogP contribution in [-0.4, -0.2) is 30.1 Å². The molecule has 1 saturated carbocycles. The summed E-state index contributed by atoms with van der Waals surface area (Å²) in [7, 11) is 0. The van der Waals surface area contributed by atoms with E-state index in [2.05, 4.69) is 6.92 Å². The number of esters is 1. The first-order valence-corrected chi connectivity index (χ1v) is 8.03. The van der Waals surface area contributed by atoms with Gasteiger partial charge in [0.2, 0.25) is 0 Å². The molecule has 0 aromatic heterocycles. The number of hydrogen-bond donors (Lipinski definition) is 1. The van der Waals surface area contributed by atoms with E-state index in [-0.39, 0.29) is 12.1 Å². The maximum atomic E-state index is 11.8. The van der Waals surface area contributed by atoms with E-state index in [1.54, 1.807) is 11.8 Å². The Balaban J connectivity index is 2.37. The lowest BCUT2D eigenvalue weighted by molar-refractivity contribution is -0.155. The average molecular weight is 259 g/mol. The van der Waals surface area contributed by atoms with Crippen LogP contribution in [0.1, 0.15) is 45.4 Å². The maximum absolute atomic E-state index is 11.8. The summed E-state index contributed by atoms with van der Waals surface area (Å²) in [6, 6.07) is -0.443. The number of hydrogen-bond acceptors (Lipinski definition) is 4. The number of carbonyl (C=O) groups excluding carboxylic acids is 1. The van der Waals surface area contributed by atoms with E-state index >= 15 is 0 Å². The van der Waals surface area contributed by atoms with Crippen molar-refractivity contribution < 1.29 is 9.53 Å². The monoisotopic (exact) mass is 259 g/mol. The van der Waals surface area contributed by atoms with Crippen LogP contribution in [0, 0.1) is 5.92 Å². The summed E-state index contributed by atoms with van der Waals surface area (Å²) in [4.78, 5) is 11.8. The van der Waals surface area contributed by atoms with Crippen molar-refractivity contribution in [2.24, 2.45) is 11.7 Å². The molecule has 2 unspecified atom stereocenters. The van der Waals surface area contributed by atoms with Gasteiger partial charge in [-0.1, -0.05) is 13.3 Å². The molecule has 100 valence electrons. The summed E-state index contributed by atoms with van der Waals surface area (Å²) in [5, 5.41) is 0. The van der Waals surface area contributed by atoms with E-state index in [4.69, 9.17) is 10.5 Å². The van der Waals surface area contributed by atoms with Crippen molar-refractivity contribution in [2.75, 3.05) is 12.0 Å².